The molecule has 0 atom stereocenters. The average Bonchev–Trinajstić information content (AvgIpc) is 2.49. The molecule has 1 aromatic heterocycles. The Morgan fingerprint density at radius 3 is 2.75 bits per heavy atom. The maximum Gasteiger partial charge on any atom is 0.176 e. The summed E-state index contributed by atoms with van der Waals surface area (Å²) in [5, 5.41) is 14.3. The highest BCUT2D eigenvalue weighted by Gasteiger charge is 2.01. The van der Waals surface area contributed by atoms with Crippen LogP contribution in [-0.4, -0.2) is 16.4 Å². The normalized spacial score (nSPS) is 11.1. The van der Waals surface area contributed by atoms with Crippen LogP contribution in [-0.2, 0) is 0 Å². The Kier molecular flexibility index (Phi) is 3.87. The number of nitrogens with one attached hydrogen (secondary N) is 1. The van der Waals surface area contributed by atoms with Gasteiger partial charge in [-0.25, -0.2) is 0 Å². The number of hydrogen-bond acceptors (Lipinski definition) is 4. The molecule has 0 aliphatic rings. The summed E-state index contributed by atoms with van der Waals surface area (Å²) in [6, 6.07) is 16.0. The van der Waals surface area contributed by atoms with E-state index < -0.39 is 0 Å². The number of aromatic nitrogens is 2. The Bertz CT molecular complexity index is 765. The zero-order valence-electron chi connectivity index (χ0n) is 10.5. The molecule has 0 amide bonds. The van der Waals surface area contributed by atoms with Crippen molar-refractivity contribution >= 4 is 45.4 Å². The van der Waals surface area contributed by atoms with Gasteiger partial charge in [-0.3, -0.25) is 5.43 Å². The highest BCUT2D eigenvalue weighted by atomic mass is 127. The molecule has 0 saturated carbocycles. The van der Waals surface area contributed by atoms with Crippen molar-refractivity contribution in [2.24, 2.45) is 5.10 Å². The maximum atomic E-state index is 4.24. The van der Waals surface area contributed by atoms with Crippen molar-refractivity contribution in [3.8, 4) is 0 Å². The first-order valence-electron chi connectivity index (χ1n) is 6.08. The fourth-order valence-electron chi connectivity index (χ4n) is 1.85. The molecule has 20 heavy (non-hydrogen) atoms. The first-order chi connectivity index (χ1) is 9.84. The van der Waals surface area contributed by atoms with Gasteiger partial charge >= 0.3 is 0 Å². The maximum absolute atomic E-state index is 4.24. The number of hydrogen-bond donors (Lipinski definition) is 1. The molecule has 1 N–H and O–H groups in total. The minimum Gasteiger partial charge on any atom is -0.259 e. The van der Waals surface area contributed by atoms with E-state index in [4.69, 9.17) is 0 Å². The van der Waals surface area contributed by atoms with Crippen molar-refractivity contribution in [1.29, 1.82) is 0 Å². The van der Waals surface area contributed by atoms with Crippen molar-refractivity contribution < 1.29 is 0 Å². The molecular formula is C15H11IN4. The highest BCUT2D eigenvalue weighted by Crippen LogP contribution is 2.19. The summed E-state index contributed by atoms with van der Waals surface area (Å²) >= 11 is 2.28. The second-order valence-corrected chi connectivity index (χ2v) is 5.33. The van der Waals surface area contributed by atoms with Crippen molar-refractivity contribution in [1.82, 2.24) is 10.2 Å². The molecule has 0 spiro atoms. The van der Waals surface area contributed by atoms with E-state index in [0.29, 0.717) is 5.82 Å². The summed E-state index contributed by atoms with van der Waals surface area (Å²) < 4.78 is 1.15. The van der Waals surface area contributed by atoms with Gasteiger partial charge in [0.25, 0.3) is 0 Å². The summed E-state index contributed by atoms with van der Waals surface area (Å²) in [5.41, 5.74) is 4.02. The van der Waals surface area contributed by atoms with Gasteiger partial charge in [-0.2, -0.15) is 10.2 Å². The minimum atomic E-state index is 0.658. The minimum absolute atomic E-state index is 0.658. The Hall–Kier alpha value is -2.02. The van der Waals surface area contributed by atoms with Crippen LogP contribution in [0.4, 0.5) is 5.82 Å². The molecule has 1 heterocycles. The molecule has 3 rings (SSSR count). The van der Waals surface area contributed by atoms with Crippen LogP contribution in [0.25, 0.3) is 10.8 Å². The molecule has 0 aliphatic heterocycles. The predicted octanol–water partition coefficient (Wildman–Crippen LogP) is 3.68. The highest BCUT2D eigenvalue weighted by molar-refractivity contribution is 14.1. The fourth-order valence-corrected chi connectivity index (χ4v) is 2.38. The third-order valence-electron chi connectivity index (χ3n) is 2.85. The van der Waals surface area contributed by atoms with E-state index in [2.05, 4.69) is 43.3 Å². The van der Waals surface area contributed by atoms with Crippen LogP contribution in [0.3, 0.4) is 0 Å². The van der Waals surface area contributed by atoms with Gasteiger partial charge in [0, 0.05) is 19.9 Å². The van der Waals surface area contributed by atoms with Crippen molar-refractivity contribution in [3.05, 3.63) is 63.9 Å². The van der Waals surface area contributed by atoms with Crippen LogP contribution in [0.15, 0.2) is 59.8 Å². The van der Waals surface area contributed by atoms with Gasteiger partial charge in [0.15, 0.2) is 5.82 Å². The number of fused-ring (bicyclic) bond motifs is 1. The Labute approximate surface area is 130 Å². The largest absolute Gasteiger partial charge is 0.259 e. The van der Waals surface area contributed by atoms with Crippen LogP contribution in [0, 0.1) is 3.57 Å². The lowest BCUT2D eigenvalue weighted by Crippen LogP contribution is -1.97. The molecule has 0 radical (unpaired) electrons. The lowest BCUT2D eigenvalue weighted by molar-refractivity contribution is 1.04. The third-order valence-corrected chi connectivity index (χ3v) is 3.83. The molecule has 5 heteroatoms. The lowest BCUT2D eigenvalue weighted by Gasteiger charge is -2.03. The number of nitrogens with zero attached hydrogens (tertiary/aromatic N) is 3. The number of anilines is 1. The molecule has 0 unspecified atom stereocenters. The Morgan fingerprint density at radius 2 is 1.85 bits per heavy atom. The van der Waals surface area contributed by atoms with Gasteiger partial charge in [-0.05, 0) is 28.7 Å². The van der Waals surface area contributed by atoms with Crippen molar-refractivity contribution in [2.45, 2.75) is 0 Å². The summed E-state index contributed by atoms with van der Waals surface area (Å²) in [4.78, 5) is 0. The monoisotopic (exact) mass is 374 g/mol. The van der Waals surface area contributed by atoms with E-state index in [-0.39, 0.29) is 0 Å². The van der Waals surface area contributed by atoms with E-state index in [1.807, 2.05) is 48.5 Å². The molecule has 98 valence electrons. The van der Waals surface area contributed by atoms with Crippen LogP contribution in [0.1, 0.15) is 5.56 Å². The van der Waals surface area contributed by atoms with Gasteiger partial charge in [0.2, 0.25) is 0 Å². The smallest absolute Gasteiger partial charge is 0.176 e. The molecule has 0 saturated heterocycles. The van der Waals surface area contributed by atoms with Gasteiger partial charge in [0.05, 0.1) is 12.4 Å². The molecule has 4 nitrogen and oxygen atoms in total. The number of halogens is 1. The number of benzene rings is 2. The molecule has 2 aromatic carbocycles. The zero-order chi connectivity index (χ0) is 13.8. The standard InChI is InChI=1S/C15H11IN4/c16-14-8-4-2-6-12(14)10-18-20-15-13-7-3-1-5-11(13)9-17-19-15/h1-10H,(H,19,20). The summed E-state index contributed by atoms with van der Waals surface area (Å²) in [6.07, 6.45) is 3.52. The van der Waals surface area contributed by atoms with E-state index >= 15 is 0 Å². The average molecular weight is 374 g/mol. The molecular weight excluding hydrogens is 363 g/mol. The van der Waals surface area contributed by atoms with Gasteiger partial charge in [-0.15, -0.1) is 5.10 Å². The second kappa shape index (κ2) is 5.96. The SMILES string of the molecule is Ic1ccccc1C=NNc1nncc2ccccc12. The fraction of sp³-hybridized carbons (Fsp3) is 0. The van der Waals surface area contributed by atoms with Crippen LogP contribution < -0.4 is 5.43 Å². The van der Waals surface area contributed by atoms with E-state index in [9.17, 15) is 0 Å². The van der Waals surface area contributed by atoms with Crippen LogP contribution in [0.2, 0.25) is 0 Å². The quantitative estimate of drug-likeness (QED) is 0.432. The molecule has 0 fully saturated rings. The third kappa shape index (κ3) is 2.77. The number of hydrazone groups is 1. The summed E-state index contributed by atoms with van der Waals surface area (Å²) in [5.74, 6) is 0.658. The molecule has 3 aromatic rings. The van der Waals surface area contributed by atoms with E-state index in [1.165, 1.54) is 0 Å². The molecule has 0 bridgehead atoms. The molecule has 0 aliphatic carbocycles. The second-order valence-electron chi connectivity index (χ2n) is 4.17. The van der Waals surface area contributed by atoms with Crippen molar-refractivity contribution in [3.63, 3.8) is 0 Å². The van der Waals surface area contributed by atoms with E-state index in [0.717, 1.165) is 19.9 Å². The van der Waals surface area contributed by atoms with Crippen LogP contribution >= 0.6 is 22.6 Å². The van der Waals surface area contributed by atoms with E-state index in [1.54, 1.807) is 12.4 Å². The number of rotatable bonds is 3. The van der Waals surface area contributed by atoms with Crippen molar-refractivity contribution in [2.75, 3.05) is 5.43 Å². The summed E-state index contributed by atoms with van der Waals surface area (Å²) in [7, 11) is 0. The first-order valence-corrected chi connectivity index (χ1v) is 7.16. The van der Waals surface area contributed by atoms with Crippen LogP contribution in [0.5, 0.6) is 0 Å². The lowest BCUT2D eigenvalue weighted by atomic mass is 10.2. The Morgan fingerprint density at radius 1 is 1.05 bits per heavy atom. The van der Waals surface area contributed by atoms with Gasteiger partial charge in [0.1, 0.15) is 0 Å². The van der Waals surface area contributed by atoms with Gasteiger partial charge in [-0.1, -0.05) is 42.5 Å². The zero-order valence-corrected chi connectivity index (χ0v) is 12.7. The van der Waals surface area contributed by atoms with Gasteiger partial charge < -0.3 is 0 Å². The Balaban J connectivity index is 1.86. The predicted molar refractivity (Wildman–Crippen MR) is 89.9 cm³/mol. The topological polar surface area (TPSA) is 50.2 Å². The first kappa shape index (κ1) is 13.0. The summed E-state index contributed by atoms with van der Waals surface area (Å²) in [6.45, 7) is 0.